The summed E-state index contributed by atoms with van der Waals surface area (Å²) >= 11 is 4.97. The first-order valence-electron chi connectivity index (χ1n) is 7.94. The fourth-order valence-corrected chi connectivity index (χ4v) is 4.40. The van der Waals surface area contributed by atoms with Gasteiger partial charge < -0.3 is 5.73 Å². The van der Waals surface area contributed by atoms with Crippen molar-refractivity contribution in [3.8, 4) is 11.1 Å². The summed E-state index contributed by atoms with van der Waals surface area (Å²) in [6.07, 6.45) is 0.802. The number of thiophene rings is 1. The molecule has 1 unspecified atom stereocenters. The zero-order valence-corrected chi connectivity index (χ0v) is 16.6. The number of carbonyl (C=O) groups is 1. The Bertz CT molecular complexity index is 1020. The average molecular weight is 420 g/mol. The topological polar surface area (TPSA) is 78.0 Å². The van der Waals surface area contributed by atoms with Crippen molar-refractivity contribution in [1.82, 2.24) is 9.55 Å². The summed E-state index contributed by atoms with van der Waals surface area (Å²) in [7, 11) is 0. The summed E-state index contributed by atoms with van der Waals surface area (Å²) in [5.41, 5.74) is 7.06. The van der Waals surface area contributed by atoms with E-state index in [4.69, 9.17) is 5.73 Å². The van der Waals surface area contributed by atoms with Crippen LogP contribution in [0.2, 0.25) is 0 Å². The third-order valence-electron chi connectivity index (χ3n) is 4.26. The summed E-state index contributed by atoms with van der Waals surface area (Å²) < 4.78 is 2.36. The number of halogens is 1. The van der Waals surface area contributed by atoms with Crippen LogP contribution in [0.5, 0.6) is 0 Å². The van der Waals surface area contributed by atoms with Crippen molar-refractivity contribution < 1.29 is 4.79 Å². The Morgan fingerprint density at radius 1 is 1.36 bits per heavy atom. The van der Waals surface area contributed by atoms with Gasteiger partial charge in [-0.25, -0.2) is 4.98 Å². The number of primary amides is 1. The van der Waals surface area contributed by atoms with Crippen LogP contribution in [0.4, 0.5) is 0 Å². The molecular weight excluding hydrogens is 402 g/mol. The second-order valence-electron chi connectivity index (χ2n) is 5.85. The SMILES string of the molecule is CCc1sc2nc(C)n(C(C)C(N)=O)c(=O)c2c1-c1ccc(Br)cc1. The zero-order valence-electron chi connectivity index (χ0n) is 14.2. The number of hydrogen-bond acceptors (Lipinski definition) is 4. The van der Waals surface area contributed by atoms with Crippen molar-refractivity contribution >= 4 is 43.4 Å². The highest BCUT2D eigenvalue weighted by Gasteiger charge is 2.23. The highest BCUT2D eigenvalue weighted by atomic mass is 79.9. The molecule has 0 aliphatic carbocycles. The van der Waals surface area contributed by atoms with Crippen LogP contribution in [0.25, 0.3) is 21.3 Å². The van der Waals surface area contributed by atoms with E-state index in [1.807, 2.05) is 24.3 Å². The second kappa shape index (κ2) is 6.72. The molecule has 25 heavy (non-hydrogen) atoms. The lowest BCUT2D eigenvalue weighted by atomic mass is 10.0. The van der Waals surface area contributed by atoms with Gasteiger partial charge in [0.25, 0.3) is 5.56 Å². The third-order valence-corrected chi connectivity index (χ3v) is 6.02. The molecule has 0 saturated carbocycles. The fourth-order valence-electron chi connectivity index (χ4n) is 2.96. The molecular formula is C18H18BrN3O2S. The molecule has 130 valence electrons. The minimum Gasteiger partial charge on any atom is -0.368 e. The number of carbonyl (C=O) groups excluding carboxylic acids is 1. The first kappa shape index (κ1) is 17.8. The maximum atomic E-state index is 13.2. The van der Waals surface area contributed by atoms with E-state index in [1.54, 1.807) is 13.8 Å². The van der Waals surface area contributed by atoms with Gasteiger partial charge in [0.15, 0.2) is 0 Å². The molecule has 0 aliphatic heterocycles. The monoisotopic (exact) mass is 419 g/mol. The highest BCUT2D eigenvalue weighted by Crippen LogP contribution is 2.37. The smallest absolute Gasteiger partial charge is 0.263 e. The van der Waals surface area contributed by atoms with Crippen LogP contribution < -0.4 is 11.3 Å². The Morgan fingerprint density at radius 2 is 2.00 bits per heavy atom. The summed E-state index contributed by atoms with van der Waals surface area (Å²) in [6, 6.07) is 7.11. The molecule has 0 fully saturated rings. The minimum absolute atomic E-state index is 0.220. The van der Waals surface area contributed by atoms with Crippen molar-refractivity contribution in [2.75, 3.05) is 0 Å². The number of rotatable bonds is 4. The van der Waals surface area contributed by atoms with E-state index in [-0.39, 0.29) is 5.56 Å². The van der Waals surface area contributed by atoms with Gasteiger partial charge in [0.1, 0.15) is 16.7 Å². The molecule has 1 atom stereocenters. The fraction of sp³-hybridized carbons (Fsp3) is 0.278. The number of hydrogen-bond donors (Lipinski definition) is 1. The van der Waals surface area contributed by atoms with Crippen molar-refractivity contribution in [3.63, 3.8) is 0 Å². The lowest BCUT2D eigenvalue weighted by Gasteiger charge is -2.14. The molecule has 0 bridgehead atoms. The molecule has 2 aromatic heterocycles. The molecule has 2 heterocycles. The Kier molecular flexibility index (Phi) is 4.79. The van der Waals surface area contributed by atoms with Crippen LogP contribution in [0.1, 0.15) is 30.6 Å². The van der Waals surface area contributed by atoms with Gasteiger partial charge in [-0.3, -0.25) is 14.2 Å². The molecule has 2 N–H and O–H groups in total. The van der Waals surface area contributed by atoms with Gasteiger partial charge in [0.05, 0.1) is 5.39 Å². The predicted octanol–water partition coefficient (Wildman–Crippen LogP) is 3.80. The quantitative estimate of drug-likeness (QED) is 0.698. The summed E-state index contributed by atoms with van der Waals surface area (Å²) in [6.45, 7) is 5.41. The summed E-state index contributed by atoms with van der Waals surface area (Å²) in [5.74, 6) is -0.0578. The molecule has 7 heteroatoms. The average Bonchev–Trinajstić information content (AvgIpc) is 2.93. The van der Waals surface area contributed by atoms with E-state index in [2.05, 4.69) is 27.8 Å². The van der Waals surface area contributed by atoms with Gasteiger partial charge in [-0.2, -0.15) is 0 Å². The number of nitrogens with two attached hydrogens (primary N) is 1. The Hall–Kier alpha value is -1.99. The zero-order chi connectivity index (χ0) is 18.3. The van der Waals surface area contributed by atoms with Gasteiger partial charge in [0, 0.05) is 14.9 Å². The van der Waals surface area contributed by atoms with E-state index >= 15 is 0 Å². The first-order chi connectivity index (χ1) is 11.8. The van der Waals surface area contributed by atoms with Gasteiger partial charge in [0.2, 0.25) is 5.91 Å². The number of fused-ring (bicyclic) bond motifs is 1. The van der Waals surface area contributed by atoms with Crippen molar-refractivity contribution in [3.05, 3.63) is 49.8 Å². The van der Waals surface area contributed by atoms with E-state index < -0.39 is 11.9 Å². The largest absolute Gasteiger partial charge is 0.368 e. The van der Waals surface area contributed by atoms with Crippen LogP contribution in [-0.4, -0.2) is 15.5 Å². The normalized spacial score (nSPS) is 12.5. The number of benzene rings is 1. The molecule has 0 aliphatic rings. The lowest BCUT2D eigenvalue weighted by Crippen LogP contribution is -2.34. The second-order valence-corrected chi connectivity index (χ2v) is 7.85. The third kappa shape index (κ3) is 3.02. The molecule has 1 aromatic carbocycles. The van der Waals surface area contributed by atoms with Gasteiger partial charge >= 0.3 is 0 Å². The van der Waals surface area contributed by atoms with Gasteiger partial charge in [-0.05, 0) is 38.0 Å². The lowest BCUT2D eigenvalue weighted by molar-refractivity contribution is -0.120. The Balaban J connectivity index is 2.40. The predicted molar refractivity (Wildman–Crippen MR) is 105 cm³/mol. The van der Waals surface area contributed by atoms with Crippen molar-refractivity contribution in [2.24, 2.45) is 5.73 Å². The standard InChI is InChI=1S/C18H18BrN3O2S/c1-4-13-14(11-5-7-12(19)8-6-11)15-17(25-13)21-10(3)22(18(15)24)9(2)16(20)23/h5-9H,4H2,1-3H3,(H2,20,23). The minimum atomic E-state index is -0.743. The Labute approximate surface area is 157 Å². The number of aryl methyl sites for hydroxylation is 2. The molecule has 1 amide bonds. The molecule has 0 radical (unpaired) electrons. The van der Waals surface area contributed by atoms with Crippen LogP contribution in [0, 0.1) is 6.92 Å². The highest BCUT2D eigenvalue weighted by molar-refractivity contribution is 9.10. The molecule has 0 spiro atoms. The maximum absolute atomic E-state index is 13.2. The summed E-state index contributed by atoms with van der Waals surface area (Å²) in [4.78, 5) is 31.2. The molecule has 3 aromatic rings. The van der Waals surface area contributed by atoms with E-state index in [1.165, 1.54) is 15.9 Å². The number of amides is 1. The first-order valence-corrected chi connectivity index (χ1v) is 9.55. The van der Waals surface area contributed by atoms with Crippen LogP contribution in [-0.2, 0) is 11.2 Å². The molecule has 3 rings (SSSR count). The van der Waals surface area contributed by atoms with Crippen LogP contribution in [0.15, 0.2) is 33.5 Å². The van der Waals surface area contributed by atoms with Gasteiger partial charge in [-0.1, -0.05) is 35.0 Å². The number of nitrogens with zero attached hydrogens (tertiary/aromatic N) is 2. The number of aromatic nitrogens is 2. The molecule has 0 saturated heterocycles. The maximum Gasteiger partial charge on any atom is 0.263 e. The van der Waals surface area contributed by atoms with Crippen LogP contribution in [0.3, 0.4) is 0 Å². The van der Waals surface area contributed by atoms with Gasteiger partial charge in [-0.15, -0.1) is 11.3 Å². The van der Waals surface area contributed by atoms with Crippen LogP contribution >= 0.6 is 27.3 Å². The molecule has 5 nitrogen and oxygen atoms in total. The van der Waals surface area contributed by atoms with E-state index in [0.717, 1.165) is 26.9 Å². The van der Waals surface area contributed by atoms with E-state index in [0.29, 0.717) is 16.0 Å². The summed E-state index contributed by atoms with van der Waals surface area (Å²) in [5, 5.41) is 0.558. The van der Waals surface area contributed by atoms with E-state index in [9.17, 15) is 9.59 Å². The van der Waals surface area contributed by atoms with Crippen molar-refractivity contribution in [1.29, 1.82) is 0 Å². The Morgan fingerprint density at radius 3 is 2.56 bits per heavy atom. The van der Waals surface area contributed by atoms with Crippen molar-refractivity contribution in [2.45, 2.75) is 33.2 Å².